The molecule has 0 spiro atoms. The van der Waals surface area contributed by atoms with Gasteiger partial charge in [-0.25, -0.2) is 4.39 Å². The molecule has 0 aliphatic rings. The molecular weight excluding hydrogens is 321 g/mol. The summed E-state index contributed by atoms with van der Waals surface area (Å²) in [4.78, 5) is 0. The first-order valence-electron chi connectivity index (χ1n) is 6.55. The Kier molecular flexibility index (Phi) is 5.01. The number of anilines is 1. The van der Waals surface area contributed by atoms with Gasteiger partial charge in [-0.2, -0.15) is 0 Å². The van der Waals surface area contributed by atoms with E-state index in [0.717, 1.165) is 15.7 Å². The van der Waals surface area contributed by atoms with Crippen LogP contribution in [-0.2, 0) is 0 Å². The van der Waals surface area contributed by atoms with Crippen molar-refractivity contribution < 1.29 is 9.13 Å². The van der Waals surface area contributed by atoms with Crippen LogP contribution in [0, 0.1) is 5.82 Å². The third kappa shape index (κ3) is 3.51. The Morgan fingerprint density at radius 2 is 2.00 bits per heavy atom. The maximum Gasteiger partial charge on any atom is 0.167 e. The van der Waals surface area contributed by atoms with Crippen LogP contribution in [0.15, 0.2) is 46.9 Å². The zero-order valence-electron chi connectivity index (χ0n) is 11.5. The van der Waals surface area contributed by atoms with Crippen molar-refractivity contribution in [2.24, 2.45) is 0 Å². The summed E-state index contributed by atoms with van der Waals surface area (Å²) in [5, 5.41) is 3.28. The number of halogens is 2. The van der Waals surface area contributed by atoms with Crippen LogP contribution in [0.5, 0.6) is 5.75 Å². The SMILES string of the molecule is CCOc1ccc(NC(C)c2ccccc2Br)cc1F. The molecule has 0 amide bonds. The summed E-state index contributed by atoms with van der Waals surface area (Å²) < 4.78 is 20.0. The van der Waals surface area contributed by atoms with Crippen molar-refractivity contribution in [1.82, 2.24) is 0 Å². The maximum absolute atomic E-state index is 13.8. The highest BCUT2D eigenvalue weighted by Gasteiger charge is 2.10. The molecule has 106 valence electrons. The van der Waals surface area contributed by atoms with Crippen LogP contribution >= 0.6 is 15.9 Å². The Balaban J connectivity index is 2.14. The molecule has 0 aliphatic heterocycles. The van der Waals surface area contributed by atoms with E-state index in [1.807, 2.05) is 44.2 Å². The highest BCUT2D eigenvalue weighted by atomic mass is 79.9. The van der Waals surface area contributed by atoms with Crippen molar-refractivity contribution in [3.8, 4) is 5.75 Å². The number of ether oxygens (including phenoxy) is 1. The number of hydrogen-bond donors (Lipinski definition) is 1. The third-order valence-electron chi connectivity index (χ3n) is 2.99. The highest BCUT2D eigenvalue weighted by molar-refractivity contribution is 9.10. The third-order valence-corrected chi connectivity index (χ3v) is 3.71. The number of nitrogens with one attached hydrogen (secondary N) is 1. The minimum Gasteiger partial charge on any atom is -0.491 e. The predicted octanol–water partition coefficient (Wildman–Crippen LogP) is 5.16. The molecule has 0 bridgehead atoms. The van der Waals surface area contributed by atoms with E-state index >= 15 is 0 Å². The molecule has 2 rings (SSSR count). The lowest BCUT2D eigenvalue weighted by Gasteiger charge is -2.17. The van der Waals surface area contributed by atoms with Crippen LogP contribution in [0.3, 0.4) is 0 Å². The summed E-state index contributed by atoms with van der Waals surface area (Å²) >= 11 is 3.52. The zero-order chi connectivity index (χ0) is 14.5. The second-order valence-corrected chi connectivity index (χ2v) is 5.32. The largest absolute Gasteiger partial charge is 0.491 e. The quantitative estimate of drug-likeness (QED) is 0.813. The van der Waals surface area contributed by atoms with E-state index in [9.17, 15) is 4.39 Å². The molecule has 0 radical (unpaired) electrons. The summed E-state index contributed by atoms with van der Waals surface area (Å²) in [5.41, 5.74) is 1.86. The molecule has 1 atom stereocenters. The van der Waals surface area contributed by atoms with Crippen molar-refractivity contribution >= 4 is 21.6 Å². The molecule has 0 fully saturated rings. The highest BCUT2D eigenvalue weighted by Crippen LogP contribution is 2.28. The Labute approximate surface area is 127 Å². The van der Waals surface area contributed by atoms with Crippen LogP contribution < -0.4 is 10.1 Å². The second kappa shape index (κ2) is 6.75. The Morgan fingerprint density at radius 3 is 2.65 bits per heavy atom. The van der Waals surface area contributed by atoms with Crippen molar-refractivity contribution in [1.29, 1.82) is 0 Å². The van der Waals surface area contributed by atoms with Gasteiger partial charge in [-0.15, -0.1) is 0 Å². The first-order valence-corrected chi connectivity index (χ1v) is 7.34. The minimum atomic E-state index is -0.351. The fourth-order valence-corrected chi connectivity index (χ4v) is 2.65. The molecule has 0 heterocycles. The zero-order valence-corrected chi connectivity index (χ0v) is 13.1. The van der Waals surface area contributed by atoms with E-state index < -0.39 is 0 Å². The summed E-state index contributed by atoms with van der Waals surface area (Å²) in [6.07, 6.45) is 0. The summed E-state index contributed by atoms with van der Waals surface area (Å²) in [6.45, 7) is 4.33. The van der Waals surface area contributed by atoms with Gasteiger partial charge in [0.2, 0.25) is 0 Å². The van der Waals surface area contributed by atoms with Crippen molar-refractivity contribution in [3.05, 3.63) is 58.3 Å². The van der Waals surface area contributed by atoms with Gasteiger partial charge >= 0.3 is 0 Å². The molecular formula is C16H17BrFNO. The van der Waals surface area contributed by atoms with Crippen molar-refractivity contribution in [3.63, 3.8) is 0 Å². The van der Waals surface area contributed by atoms with E-state index in [2.05, 4.69) is 21.2 Å². The van der Waals surface area contributed by atoms with Crippen LogP contribution in [0.2, 0.25) is 0 Å². The summed E-state index contributed by atoms with van der Waals surface area (Å²) in [6, 6.07) is 13.0. The van der Waals surface area contributed by atoms with Gasteiger partial charge in [-0.3, -0.25) is 0 Å². The van der Waals surface area contributed by atoms with Gasteiger partial charge in [0.25, 0.3) is 0 Å². The molecule has 1 N–H and O–H groups in total. The Bertz CT molecular complexity index is 588. The van der Waals surface area contributed by atoms with Gasteiger partial charge in [0.1, 0.15) is 0 Å². The van der Waals surface area contributed by atoms with E-state index in [0.29, 0.717) is 6.61 Å². The summed E-state index contributed by atoms with van der Waals surface area (Å²) in [5.74, 6) is -0.0669. The fourth-order valence-electron chi connectivity index (χ4n) is 2.02. The maximum atomic E-state index is 13.8. The molecule has 0 aromatic heterocycles. The minimum absolute atomic E-state index is 0.0721. The van der Waals surface area contributed by atoms with Crippen LogP contribution in [0.1, 0.15) is 25.5 Å². The van der Waals surface area contributed by atoms with E-state index in [4.69, 9.17) is 4.74 Å². The number of rotatable bonds is 5. The average molecular weight is 338 g/mol. The lowest BCUT2D eigenvalue weighted by atomic mass is 10.1. The van der Waals surface area contributed by atoms with Gasteiger partial charge in [0.05, 0.1) is 6.61 Å². The topological polar surface area (TPSA) is 21.3 Å². The van der Waals surface area contributed by atoms with Crippen LogP contribution in [-0.4, -0.2) is 6.61 Å². The molecule has 2 nitrogen and oxygen atoms in total. The smallest absolute Gasteiger partial charge is 0.167 e. The second-order valence-electron chi connectivity index (χ2n) is 4.47. The molecule has 0 aliphatic carbocycles. The van der Waals surface area contributed by atoms with Crippen LogP contribution in [0.25, 0.3) is 0 Å². The molecule has 2 aromatic rings. The van der Waals surface area contributed by atoms with Crippen LogP contribution in [0.4, 0.5) is 10.1 Å². The monoisotopic (exact) mass is 337 g/mol. The molecule has 2 aromatic carbocycles. The standard InChI is InChI=1S/C16H17BrFNO/c1-3-20-16-9-8-12(10-15(16)18)19-11(2)13-6-4-5-7-14(13)17/h4-11,19H,3H2,1-2H3. The Morgan fingerprint density at radius 1 is 1.25 bits per heavy atom. The normalized spacial score (nSPS) is 12.0. The Hall–Kier alpha value is -1.55. The number of benzene rings is 2. The van der Waals surface area contributed by atoms with Gasteiger partial charge in [-0.1, -0.05) is 34.1 Å². The predicted molar refractivity (Wildman–Crippen MR) is 83.7 cm³/mol. The number of hydrogen-bond acceptors (Lipinski definition) is 2. The fraction of sp³-hybridized carbons (Fsp3) is 0.250. The first kappa shape index (κ1) is 14.9. The average Bonchev–Trinajstić information content (AvgIpc) is 2.42. The van der Waals surface area contributed by atoms with Crippen molar-refractivity contribution in [2.75, 3.05) is 11.9 Å². The first-order chi connectivity index (χ1) is 9.61. The molecule has 1 unspecified atom stereocenters. The van der Waals surface area contributed by atoms with Crippen molar-refractivity contribution in [2.45, 2.75) is 19.9 Å². The molecule has 4 heteroatoms. The van der Waals surface area contributed by atoms with E-state index in [1.54, 1.807) is 6.07 Å². The van der Waals surface area contributed by atoms with Gasteiger partial charge in [-0.05, 0) is 37.6 Å². The molecule has 20 heavy (non-hydrogen) atoms. The summed E-state index contributed by atoms with van der Waals surface area (Å²) in [7, 11) is 0. The lowest BCUT2D eigenvalue weighted by molar-refractivity contribution is 0.321. The van der Waals surface area contributed by atoms with E-state index in [-0.39, 0.29) is 17.6 Å². The van der Waals surface area contributed by atoms with Gasteiger partial charge in [0.15, 0.2) is 11.6 Å². The lowest BCUT2D eigenvalue weighted by Crippen LogP contribution is -2.07. The van der Waals surface area contributed by atoms with E-state index in [1.165, 1.54) is 6.07 Å². The van der Waals surface area contributed by atoms with Gasteiger partial charge < -0.3 is 10.1 Å². The molecule has 0 saturated carbocycles. The molecule has 0 saturated heterocycles. The van der Waals surface area contributed by atoms with Gasteiger partial charge in [0, 0.05) is 22.3 Å².